The second-order valence-corrected chi connectivity index (χ2v) is 6.86. The van der Waals surface area contributed by atoms with E-state index in [0.717, 1.165) is 5.56 Å². The number of hydrogen-bond donors (Lipinski definition) is 0. The Morgan fingerprint density at radius 3 is 2.00 bits per heavy atom. The molecule has 0 saturated carbocycles. The molecule has 0 spiro atoms. The molecule has 0 saturated heterocycles. The SMILES string of the molecule is CCC(CC(C)=O)C(C(CC(=O)c1ccccc1)c1ccccc1)[N+](=O)[O-]. The number of ketones is 2. The summed E-state index contributed by atoms with van der Waals surface area (Å²) in [6.07, 6.45) is 0.688. The minimum Gasteiger partial charge on any atom is -0.300 e. The highest BCUT2D eigenvalue weighted by Crippen LogP contribution is 2.34. The highest BCUT2D eigenvalue weighted by atomic mass is 16.6. The maximum Gasteiger partial charge on any atom is 0.223 e. The molecule has 2 aromatic carbocycles. The van der Waals surface area contributed by atoms with Gasteiger partial charge in [-0.05, 0) is 18.9 Å². The van der Waals surface area contributed by atoms with Gasteiger partial charge in [0.25, 0.3) is 0 Å². The van der Waals surface area contributed by atoms with Crippen molar-refractivity contribution in [3.8, 4) is 0 Å². The van der Waals surface area contributed by atoms with Gasteiger partial charge in [0.2, 0.25) is 6.04 Å². The molecule has 2 aromatic rings. The van der Waals surface area contributed by atoms with Gasteiger partial charge in [0.1, 0.15) is 5.78 Å². The lowest BCUT2D eigenvalue weighted by Crippen LogP contribution is -2.37. The molecule has 0 aliphatic heterocycles. The van der Waals surface area contributed by atoms with Gasteiger partial charge in [0.05, 0.1) is 5.92 Å². The van der Waals surface area contributed by atoms with Crippen molar-refractivity contribution in [1.82, 2.24) is 0 Å². The van der Waals surface area contributed by atoms with Crippen LogP contribution in [0.3, 0.4) is 0 Å². The van der Waals surface area contributed by atoms with Crippen LogP contribution in [0.2, 0.25) is 0 Å². The molecule has 0 radical (unpaired) electrons. The number of carbonyl (C=O) groups excluding carboxylic acids is 2. The fraction of sp³-hybridized carbons (Fsp3) is 0.364. The van der Waals surface area contributed by atoms with Crippen LogP contribution < -0.4 is 0 Å². The van der Waals surface area contributed by atoms with Gasteiger partial charge in [0, 0.05) is 29.2 Å². The molecule has 0 amide bonds. The fourth-order valence-corrected chi connectivity index (χ4v) is 3.60. The smallest absolute Gasteiger partial charge is 0.223 e. The standard InChI is InChI=1S/C22H25NO4/c1-3-17(14-16(2)24)22(23(26)27)20(18-10-6-4-7-11-18)15-21(25)19-12-8-5-9-13-19/h4-13,17,20,22H,3,14-15H2,1-2H3. The van der Waals surface area contributed by atoms with Crippen LogP contribution in [-0.2, 0) is 4.79 Å². The summed E-state index contributed by atoms with van der Waals surface area (Å²) in [5, 5.41) is 12.0. The van der Waals surface area contributed by atoms with Crippen LogP contribution in [0.1, 0.15) is 54.9 Å². The molecule has 0 aliphatic carbocycles. The van der Waals surface area contributed by atoms with Crippen LogP contribution in [0, 0.1) is 16.0 Å². The third kappa shape index (κ3) is 5.58. The zero-order chi connectivity index (χ0) is 19.8. The highest BCUT2D eigenvalue weighted by Gasteiger charge is 2.40. The van der Waals surface area contributed by atoms with E-state index in [-0.39, 0.29) is 29.3 Å². The van der Waals surface area contributed by atoms with E-state index in [4.69, 9.17) is 0 Å². The molecular formula is C22H25NO4. The number of benzene rings is 2. The number of carbonyl (C=O) groups is 2. The fourth-order valence-electron chi connectivity index (χ4n) is 3.60. The van der Waals surface area contributed by atoms with E-state index in [0.29, 0.717) is 12.0 Å². The van der Waals surface area contributed by atoms with E-state index in [1.807, 2.05) is 43.3 Å². The van der Waals surface area contributed by atoms with Crippen molar-refractivity contribution in [2.45, 2.75) is 45.1 Å². The molecule has 3 atom stereocenters. The first-order valence-electron chi connectivity index (χ1n) is 9.20. The topological polar surface area (TPSA) is 77.3 Å². The summed E-state index contributed by atoms with van der Waals surface area (Å²) in [7, 11) is 0. The number of Topliss-reactive ketones (excluding diaryl/α,β-unsaturated/α-hetero) is 2. The summed E-state index contributed by atoms with van der Waals surface area (Å²) in [6, 6.07) is 16.9. The Morgan fingerprint density at radius 2 is 1.52 bits per heavy atom. The third-order valence-corrected chi connectivity index (χ3v) is 4.94. The Morgan fingerprint density at radius 1 is 0.963 bits per heavy atom. The van der Waals surface area contributed by atoms with Crippen molar-refractivity contribution in [1.29, 1.82) is 0 Å². The molecular weight excluding hydrogens is 342 g/mol. The number of nitro groups is 1. The predicted octanol–water partition coefficient (Wildman–Crippen LogP) is 4.69. The van der Waals surface area contributed by atoms with Crippen molar-refractivity contribution in [2.24, 2.45) is 5.92 Å². The lowest BCUT2D eigenvalue weighted by atomic mass is 9.77. The predicted molar refractivity (Wildman–Crippen MR) is 104 cm³/mol. The van der Waals surface area contributed by atoms with Gasteiger partial charge in [-0.3, -0.25) is 14.9 Å². The normalized spacial score (nSPS) is 14.1. The molecule has 0 bridgehead atoms. The monoisotopic (exact) mass is 367 g/mol. The molecule has 0 heterocycles. The van der Waals surface area contributed by atoms with E-state index < -0.39 is 17.9 Å². The molecule has 27 heavy (non-hydrogen) atoms. The van der Waals surface area contributed by atoms with Crippen molar-refractivity contribution < 1.29 is 14.5 Å². The average Bonchev–Trinajstić information content (AvgIpc) is 2.67. The van der Waals surface area contributed by atoms with Crippen LogP contribution >= 0.6 is 0 Å². The van der Waals surface area contributed by atoms with Gasteiger partial charge in [-0.1, -0.05) is 67.6 Å². The molecule has 5 heteroatoms. The van der Waals surface area contributed by atoms with Gasteiger partial charge in [-0.25, -0.2) is 0 Å². The van der Waals surface area contributed by atoms with Gasteiger partial charge < -0.3 is 4.79 Å². The Hall–Kier alpha value is -2.82. The maximum absolute atomic E-state index is 12.8. The van der Waals surface area contributed by atoms with Crippen molar-refractivity contribution in [2.75, 3.05) is 0 Å². The van der Waals surface area contributed by atoms with Gasteiger partial charge in [-0.2, -0.15) is 0 Å². The largest absolute Gasteiger partial charge is 0.300 e. The van der Waals surface area contributed by atoms with Crippen LogP contribution in [-0.4, -0.2) is 22.5 Å². The van der Waals surface area contributed by atoms with Crippen molar-refractivity contribution in [3.63, 3.8) is 0 Å². The Labute approximate surface area is 159 Å². The van der Waals surface area contributed by atoms with Gasteiger partial charge >= 0.3 is 0 Å². The summed E-state index contributed by atoms with van der Waals surface area (Å²) in [6.45, 7) is 3.30. The summed E-state index contributed by atoms with van der Waals surface area (Å²) in [5.74, 6) is -1.20. The minimum absolute atomic E-state index is 0.0358. The first-order valence-corrected chi connectivity index (χ1v) is 9.20. The van der Waals surface area contributed by atoms with Crippen molar-refractivity contribution in [3.05, 3.63) is 81.9 Å². The second kappa shape index (κ2) is 9.76. The molecule has 3 unspecified atom stereocenters. The number of nitrogens with zero attached hydrogens (tertiary/aromatic N) is 1. The molecule has 2 rings (SSSR count). The number of rotatable bonds is 10. The van der Waals surface area contributed by atoms with Crippen LogP contribution in [0.25, 0.3) is 0 Å². The summed E-state index contributed by atoms with van der Waals surface area (Å²) in [4.78, 5) is 36.1. The zero-order valence-electron chi connectivity index (χ0n) is 15.7. The molecule has 0 aliphatic rings. The summed E-state index contributed by atoms with van der Waals surface area (Å²) < 4.78 is 0. The molecule has 5 nitrogen and oxygen atoms in total. The van der Waals surface area contributed by atoms with Crippen LogP contribution in [0.15, 0.2) is 60.7 Å². The van der Waals surface area contributed by atoms with Gasteiger partial charge in [-0.15, -0.1) is 0 Å². The number of hydrogen-bond acceptors (Lipinski definition) is 4. The molecule has 0 aromatic heterocycles. The molecule has 0 N–H and O–H groups in total. The average molecular weight is 367 g/mol. The van der Waals surface area contributed by atoms with E-state index in [2.05, 4.69) is 0 Å². The Balaban J connectivity index is 2.41. The van der Waals surface area contributed by atoms with Crippen LogP contribution in [0.5, 0.6) is 0 Å². The minimum atomic E-state index is -0.992. The quantitative estimate of drug-likeness (QED) is 0.347. The van der Waals surface area contributed by atoms with E-state index in [9.17, 15) is 19.7 Å². The van der Waals surface area contributed by atoms with E-state index in [1.165, 1.54) is 6.92 Å². The Bertz CT molecular complexity index is 773. The highest BCUT2D eigenvalue weighted by molar-refractivity contribution is 5.96. The Kier molecular flexibility index (Phi) is 7.41. The van der Waals surface area contributed by atoms with Crippen LogP contribution in [0.4, 0.5) is 0 Å². The second-order valence-electron chi connectivity index (χ2n) is 6.86. The first-order chi connectivity index (χ1) is 12.9. The van der Waals surface area contributed by atoms with E-state index >= 15 is 0 Å². The molecule has 142 valence electrons. The summed E-state index contributed by atoms with van der Waals surface area (Å²) in [5.41, 5.74) is 1.30. The third-order valence-electron chi connectivity index (χ3n) is 4.94. The lowest BCUT2D eigenvalue weighted by Gasteiger charge is -2.26. The lowest BCUT2D eigenvalue weighted by molar-refractivity contribution is -0.536. The first kappa shape index (κ1) is 20.5. The maximum atomic E-state index is 12.8. The van der Waals surface area contributed by atoms with E-state index in [1.54, 1.807) is 24.3 Å². The van der Waals surface area contributed by atoms with Gasteiger partial charge in [0.15, 0.2) is 5.78 Å². The molecule has 0 fully saturated rings. The van der Waals surface area contributed by atoms with Crippen molar-refractivity contribution >= 4 is 11.6 Å². The zero-order valence-corrected chi connectivity index (χ0v) is 15.7. The summed E-state index contributed by atoms with van der Waals surface area (Å²) >= 11 is 0.